The highest BCUT2D eigenvalue weighted by Crippen LogP contribution is 2.19. The number of oxime groups is 1. The van der Waals surface area contributed by atoms with Crippen molar-refractivity contribution in [2.24, 2.45) is 10.9 Å². The van der Waals surface area contributed by atoms with Gasteiger partial charge in [-0.3, -0.25) is 0 Å². The monoisotopic (exact) mass is 296 g/mol. The molecule has 1 rings (SSSR count). The number of aryl methyl sites for hydroxylation is 1. The molecule has 0 atom stereocenters. The third kappa shape index (κ3) is 5.20. The summed E-state index contributed by atoms with van der Waals surface area (Å²) in [5.41, 5.74) is 7.22. The molecule has 0 saturated carbocycles. The molecule has 0 bridgehead atoms. The second kappa shape index (κ2) is 9.15. The summed E-state index contributed by atoms with van der Waals surface area (Å²) >= 11 is 0. The molecule has 0 aliphatic carbocycles. The maximum absolute atomic E-state index is 8.93. The number of methoxy groups -OCH3 is 2. The lowest BCUT2D eigenvalue weighted by Gasteiger charge is -2.25. The van der Waals surface area contributed by atoms with Crippen molar-refractivity contribution >= 4 is 11.7 Å². The normalized spacial score (nSPS) is 11.7. The van der Waals surface area contributed by atoms with Crippen molar-refractivity contribution in [1.29, 1.82) is 0 Å². The molecule has 21 heavy (non-hydrogen) atoms. The molecule has 0 radical (unpaired) electrons. The van der Waals surface area contributed by atoms with Gasteiger partial charge in [-0.2, -0.15) is 0 Å². The van der Waals surface area contributed by atoms with E-state index in [0.29, 0.717) is 31.1 Å². The topological polar surface area (TPSA) is 93.2 Å². The van der Waals surface area contributed by atoms with Gasteiger partial charge in [-0.25, -0.2) is 4.98 Å². The van der Waals surface area contributed by atoms with Crippen molar-refractivity contribution in [3.63, 3.8) is 0 Å². The molecule has 1 heterocycles. The van der Waals surface area contributed by atoms with E-state index < -0.39 is 0 Å². The third-order valence-electron chi connectivity index (χ3n) is 3.04. The van der Waals surface area contributed by atoms with Crippen molar-refractivity contribution in [3.8, 4) is 0 Å². The minimum atomic E-state index is 0.0478. The Labute approximate surface area is 125 Å². The fourth-order valence-corrected chi connectivity index (χ4v) is 1.96. The van der Waals surface area contributed by atoms with E-state index >= 15 is 0 Å². The molecule has 0 aliphatic heterocycles. The lowest BCUT2D eigenvalue weighted by molar-refractivity contribution is 0.191. The van der Waals surface area contributed by atoms with E-state index in [-0.39, 0.29) is 5.84 Å². The number of hydrogen-bond acceptors (Lipinski definition) is 6. The number of amidine groups is 1. The molecule has 7 nitrogen and oxygen atoms in total. The average Bonchev–Trinajstić information content (AvgIpc) is 2.50. The first-order valence-electron chi connectivity index (χ1n) is 6.82. The van der Waals surface area contributed by atoms with Crippen LogP contribution in [0.5, 0.6) is 0 Å². The summed E-state index contributed by atoms with van der Waals surface area (Å²) in [5.74, 6) is 0.741. The van der Waals surface area contributed by atoms with Gasteiger partial charge in [0.25, 0.3) is 0 Å². The molecular weight excluding hydrogens is 272 g/mol. The first kappa shape index (κ1) is 17.2. The molecule has 1 aromatic heterocycles. The van der Waals surface area contributed by atoms with Crippen molar-refractivity contribution in [3.05, 3.63) is 23.4 Å². The van der Waals surface area contributed by atoms with Gasteiger partial charge in [-0.1, -0.05) is 5.16 Å². The first-order chi connectivity index (χ1) is 10.1. The SMILES string of the molecule is COCCCN(CCOC)c1nc(C)ccc1C(N)=NO. The maximum atomic E-state index is 8.93. The van der Waals surface area contributed by atoms with Crippen LogP contribution in [-0.2, 0) is 9.47 Å². The van der Waals surface area contributed by atoms with Gasteiger partial charge in [0.05, 0.1) is 12.2 Å². The Morgan fingerprint density at radius 1 is 1.29 bits per heavy atom. The predicted octanol–water partition coefficient (Wildman–Crippen LogP) is 0.974. The highest BCUT2D eigenvalue weighted by molar-refractivity contribution is 6.01. The smallest absolute Gasteiger partial charge is 0.173 e. The highest BCUT2D eigenvalue weighted by Gasteiger charge is 2.16. The first-order valence-corrected chi connectivity index (χ1v) is 6.82. The number of ether oxygens (including phenoxy) is 2. The molecule has 0 fully saturated rings. The van der Waals surface area contributed by atoms with Crippen LogP contribution in [0.4, 0.5) is 5.82 Å². The molecule has 0 aromatic carbocycles. The second-order valence-electron chi connectivity index (χ2n) is 4.64. The summed E-state index contributed by atoms with van der Waals surface area (Å²) in [6.45, 7) is 4.55. The standard InChI is InChI=1S/C14H24N4O3/c1-11-5-6-12(13(15)17-19)14(16-11)18(8-10-21-3)7-4-9-20-2/h5-6,19H,4,7-10H2,1-3H3,(H2,15,17). The Bertz CT molecular complexity index is 466. The summed E-state index contributed by atoms with van der Waals surface area (Å²) in [7, 11) is 3.33. The Hall–Kier alpha value is -1.86. The Balaban J connectivity index is 3.05. The third-order valence-corrected chi connectivity index (χ3v) is 3.04. The van der Waals surface area contributed by atoms with Crippen molar-refractivity contribution in [1.82, 2.24) is 4.98 Å². The summed E-state index contributed by atoms with van der Waals surface area (Å²) in [6, 6.07) is 3.64. The van der Waals surface area contributed by atoms with E-state index in [2.05, 4.69) is 15.0 Å². The van der Waals surface area contributed by atoms with Gasteiger partial charge in [0, 0.05) is 39.6 Å². The zero-order valence-electron chi connectivity index (χ0n) is 12.9. The van der Waals surface area contributed by atoms with Gasteiger partial charge >= 0.3 is 0 Å². The van der Waals surface area contributed by atoms with Crippen molar-refractivity contribution in [2.75, 3.05) is 45.4 Å². The number of anilines is 1. The Morgan fingerprint density at radius 2 is 2.00 bits per heavy atom. The van der Waals surface area contributed by atoms with Gasteiger partial charge in [0.1, 0.15) is 5.82 Å². The molecule has 0 spiro atoms. The van der Waals surface area contributed by atoms with Crippen LogP contribution in [0.25, 0.3) is 0 Å². The van der Waals surface area contributed by atoms with Crippen LogP contribution >= 0.6 is 0 Å². The minimum absolute atomic E-state index is 0.0478. The number of hydrogen-bond donors (Lipinski definition) is 2. The molecule has 0 aliphatic rings. The fraction of sp³-hybridized carbons (Fsp3) is 0.571. The summed E-state index contributed by atoms with van der Waals surface area (Å²) < 4.78 is 10.2. The predicted molar refractivity (Wildman–Crippen MR) is 82.1 cm³/mol. The van der Waals surface area contributed by atoms with E-state index in [9.17, 15) is 0 Å². The van der Waals surface area contributed by atoms with E-state index in [0.717, 1.165) is 18.7 Å². The van der Waals surface area contributed by atoms with E-state index in [1.54, 1.807) is 14.2 Å². The number of pyridine rings is 1. The van der Waals surface area contributed by atoms with E-state index in [1.165, 1.54) is 0 Å². The number of nitrogens with zero attached hydrogens (tertiary/aromatic N) is 3. The number of rotatable bonds is 9. The zero-order chi connectivity index (χ0) is 15.7. The largest absolute Gasteiger partial charge is 0.409 e. The van der Waals surface area contributed by atoms with Gasteiger partial charge in [-0.05, 0) is 25.5 Å². The Morgan fingerprint density at radius 3 is 2.62 bits per heavy atom. The van der Waals surface area contributed by atoms with Crippen LogP contribution in [0.3, 0.4) is 0 Å². The average molecular weight is 296 g/mol. The van der Waals surface area contributed by atoms with E-state index in [1.807, 2.05) is 19.1 Å². The van der Waals surface area contributed by atoms with Crippen molar-refractivity contribution < 1.29 is 14.7 Å². The van der Waals surface area contributed by atoms with E-state index in [4.69, 9.17) is 20.4 Å². The van der Waals surface area contributed by atoms with Gasteiger partial charge in [0.15, 0.2) is 5.84 Å². The number of aromatic nitrogens is 1. The van der Waals surface area contributed by atoms with Crippen LogP contribution in [0, 0.1) is 6.92 Å². The van der Waals surface area contributed by atoms with Gasteiger partial charge in [0.2, 0.25) is 0 Å². The van der Waals surface area contributed by atoms with Crippen LogP contribution < -0.4 is 10.6 Å². The van der Waals surface area contributed by atoms with Crippen LogP contribution in [0.15, 0.2) is 17.3 Å². The van der Waals surface area contributed by atoms with Crippen LogP contribution in [-0.4, -0.2) is 56.5 Å². The van der Waals surface area contributed by atoms with Crippen molar-refractivity contribution in [2.45, 2.75) is 13.3 Å². The molecular formula is C14H24N4O3. The molecule has 0 unspecified atom stereocenters. The summed E-state index contributed by atoms with van der Waals surface area (Å²) in [4.78, 5) is 6.59. The van der Waals surface area contributed by atoms with Gasteiger partial charge in [-0.15, -0.1) is 0 Å². The minimum Gasteiger partial charge on any atom is -0.409 e. The molecule has 7 heteroatoms. The quantitative estimate of drug-likeness (QED) is 0.232. The fourth-order valence-electron chi connectivity index (χ4n) is 1.96. The second-order valence-corrected chi connectivity index (χ2v) is 4.64. The maximum Gasteiger partial charge on any atom is 0.173 e. The molecule has 0 amide bonds. The molecule has 1 aromatic rings. The number of nitrogens with two attached hydrogens (primary N) is 1. The highest BCUT2D eigenvalue weighted by atomic mass is 16.5. The summed E-state index contributed by atoms with van der Waals surface area (Å²) in [6.07, 6.45) is 0.853. The molecule has 0 saturated heterocycles. The molecule has 118 valence electrons. The van der Waals surface area contributed by atoms with Crippen LogP contribution in [0.1, 0.15) is 17.7 Å². The van der Waals surface area contributed by atoms with Crippen LogP contribution in [0.2, 0.25) is 0 Å². The van der Waals surface area contributed by atoms with Gasteiger partial charge < -0.3 is 25.3 Å². The summed E-state index contributed by atoms with van der Waals surface area (Å²) in [5, 5.41) is 12.0. The zero-order valence-corrected chi connectivity index (χ0v) is 12.9. The Kier molecular flexibility index (Phi) is 7.49. The lowest BCUT2D eigenvalue weighted by Crippen LogP contribution is -2.32. The molecule has 3 N–H and O–H groups in total. The lowest BCUT2D eigenvalue weighted by atomic mass is 10.2.